The van der Waals surface area contributed by atoms with Gasteiger partial charge in [0, 0.05) is 6.61 Å². The predicted octanol–water partition coefficient (Wildman–Crippen LogP) is 2.42. The average Bonchev–Trinajstić information content (AvgIpc) is 2.89. The quantitative estimate of drug-likeness (QED) is 0.896. The number of aliphatic hydroxyl groups is 1. The number of nitrogens with zero attached hydrogens (tertiary/aromatic N) is 2. The van der Waals surface area contributed by atoms with Crippen LogP contribution in [-0.4, -0.2) is 21.9 Å². The Morgan fingerprint density at radius 2 is 2.00 bits per heavy atom. The van der Waals surface area contributed by atoms with Crippen molar-refractivity contribution >= 4 is 0 Å². The summed E-state index contributed by atoms with van der Waals surface area (Å²) in [4.78, 5) is 4.22. The van der Waals surface area contributed by atoms with Crippen LogP contribution in [-0.2, 0) is 10.3 Å². The van der Waals surface area contributed by atoms with Gasteiger partial charge in [0.25, 0.3) is 5.89 Å². The number of hydrogen-bond donors (Lipinski definition) is 1. The van der Waals surface area contributed by atoms with E-state index in [0.717, 1.165) is 0 Å². The SMILES string of the molecule is CCOC(C)(C)c1noc(C(O)c2ccccc2)n1. The van der Waals surface area contributed by atoms with Crippen molar-refractivity contribution in [2.45, 2.75) is 32.5 Å². The van der Waals surface area contributed by atoms with Gasteiger partial charge in [-0.25, -0.2) is 0 Å². The first-order valence-corrected chi connectivity index (χ1v) is 6.25. The van der Waals surface area contributed by atoms with Crippen molar-refractivity contribution < 1.29 is 14.4 Å². The summed E-state index contributed by atoms with van der Waals surface area (Å²) in [7, 11) is 0. The van der Waals surface area contributed by atoms with E-state index in [4.69, 9.17) is 9.26 Å². The second kappa shape index (κ2) is 5.50. The van der Waals surface area contributed by atoms with Crippen molar-refractivity contribution in [2.75, 3.05) is 6.61 Å². The Morgan fingerprint density at radius 3 is 2.63 bits per heavy atom. The first kappa shape index (κ1) is 13.7. The normalized spacial score (nSPS) is 13.5. The van der Waals surface area contributed by atoms with Crippen molar-refractivity contribution in [2.24, 2.45) is 0 Å². The number of benzene rings is 1. The third-order valence-electron chi connectivity index (χ3n) is 2.83. The molecule has 1 N–H and O–H groups in total. The zero-order valence-corrected chi connectivity index (χ0v) is 11.3. The lowest BCUT2D eigenvalue weighted by Gasteiger charge is -2.19. The topological polar surface area (TPSA) is 68.4 Å². The molecular formula is C14H18N2O3. The minimum absolute atomic E-state index is 0.175. The van der Waals surface area contributed by atoms with Gasteiger partial charge in [-0.15, -0.1) is 0 Å². The number of aromatic nitrogens is 2. The summed E-state index contributed by atoms with van der Waals surface area (Å²) in [6.07, 6.45) is -0.917. The smallest absolute Gasteiger partial charge is 0.260 e. The molecule has 0 radical (unpaired) electrons. The van der Waals surface area contributed by atoms with Gasteiger partial charge in [-0.05, 0) is 26.3 Å². The summed E-state index contributed by atoms with van der Waals surface area (Å²) < 4.78 is 10.7. The Hall–Kier alpha value is -1.72. The number of ether oxygens (including phenoxy) is 1. The second-order valence-electron chi connectivity index (χ2n) is 4.71. The fourth-order valence-corrected chi connectivity index (χ4v) is 1.79. The van der Waals surface area contributed by atoms with E-state index in [0.29, 0.717) is 18.0 Å². The lowest BCUT2D eigenvalue weighted by Crippen LogP contribution is -2.23. The molecule has 1 heterocycles. The van der Waals surface area contributed by atoms with Gasteiger partial charge >= 0.3 is 0 Å². The van der Waals surface area contributed by atoms with Crippen LogP contribution in [0.2, 0.25) is 0 Å². The summed E-state index contributed by atoms with van der Waals surface area (Å²) in [5, 5.41) is 14.0. The van der Waals surface area contributed by atoms with E-state index < -0.39 is 11.7 Å². The highest BCUT2D eigenvalue weighted by molar-refractivity contribution is 5.21. The average molecular weight is 262 g/mol. The van der Waals surface area contributed by atoms with Crippen LogP contribution in [0.25, 0.3) is 0 Å². The molecule has 0 bridgehead atoms. The largest absolute Gasteiger partial charge is 0.378 e. The zero-order chi connectivity index (χ0) is 13.9. The van der Waals surface area contributed by atoms with Gasteiger partial charge in [-0.2, -0.15) is 4.98 Å². The van der Waals surface area contributed by atoms with Crippen molar-refractivity contribution in [1.82, 2.24) is 10.1 Å². The number of hydrogen-bond acceptors (Lipinski definition) is 5. The molecule has 2 aromatic rings. The van der Waals surface area contributed by atoms with E-state index >= 15 is 0 Å². The molecule has 5 nitrogen and oxygen atoms in total. The standard InChI is InChI=1S/C14H18N2O3/c1-4-18-14(2,3)13-15-12(19-16-13)11(17)10-8-6-5-7-9-10/h5-9,11,17H,4H2,1-3H3. The maximum Gasteiger partial charge on any atom is 0.260 e. The lowest BCUT2D eigenvalue weighted by atomic mass is 10.1. The van der Waals surface area contributed by atoms with Crippen molar-refractivity contribution in [3.8, 4) is 0 Å². The Balaban J connectivity index is 2.22. The summed E-state index contributed by atoms with van der Waals surface area (Å²) in [5.41, 5.74) is 0.0827. The molecule has 1 aromatic carbocycles. The monoisotopic (exact) mass is 262 g/mol. The molecule has 0 aliphatic rings. The van der Waals surface area contributed by atoms with E-state index in [1.54, 1.807) is 0 Å². The highest BCUT2D eigenvalue weighted by Crippen LogP contribution is 2.25. The predicted molar refractivity (Wildman–Crippen MR) is 69.5 cm³/mol. The highest BCUT2D eigenvalue weighted by atomic mass is 16.5. The van der Waals surface area contributed by atoms with E-state index in [1.807, 2.05) is 51.1 Å². The molecule has 0 saturated carbocycles. The molecule has 1 unspecified atom stereocenters. The van der Waals surface area contributed by atoms with Crippen molar-refractivity contribution in [1.29, 1.82) is 0 Å². The number of aliphatic hydroxyl groups excluding tert-OH is 1. The molecule has 0 aliphatic carbocycles. The molecule has 0 amide bonds. The maximum atomic E-state index is 10.2. The Bertz CT molecular complexity index is 522. The first-order valence-electron chi connectivity index (χ1n) is 6.25. The van der Waals surface area contributed by atoms with E-state index in [-0.39, 0.29) is 5.89 Å². The molecule has 102 valence electrons. The first-order chi connectivity index (χ1) is 9.04. The van der Waals surface area contributed by atoms with Crippen LogP contribution >= 0.6 is 0 Å². The molecule has 1 aromatic heterocycles. The van der Waals surface area contributed by atoms with Crippen molar-refractivity contribution in [3.05, 3.63) is 47.6 Å². The molecular weight excluding hydrogens is 244 g/mol. The molecule has 2 rings (SSSR count). The summed E-state index contributed by atoms with van der Waals surface area (Å²) in [5.74, 6) is 0.605. The highest BCUT2D eigenvalue weighted by Gasteiger charge is 2.29. The van der Waals surface area contributed by atoms with Crippen LogP contribution in [0.5, 0.6) is 0 Å². The molecule has 5 heteroatoms. The van der Waals surface area contributed by atoms with Gasteiger partial charge in [0.1, 0.15) is 5.60 Å². The third kappa shape index (κ3) is 3.00. The third-order valence-corrected chi connectivity index (χ3v) is 2.83. The van der Waals surface area contributed by atoms with E-state index in [1.165, 1.54) is 0 Å². The van der Waals surface area contributed by atoms with Crippen LogP contribution in [0.15, 0.2) is 34.9 Å². The van der Waals surface area contributed by atoms with E-state index in [9.17, 15) is 5.11 Å². The number of rotatable bonds is 5. The van der Waals surface area contributed by atoms with Crippen LogP contribution in [0.3, 0.4) is 0 Å². The van der Waals surface area contributed by atoms with Gasteiger partial charge in [0.05, 0.1) is 0 Å². The Morgan fingerprint density at radius 1 is 1.32 bits per heavy atom. The molecule has 0 spiro atoms. The molecule has 0 fully saturated rings. The van der Waals surface area contributed by atoms with Gasteiger partial charge < -0.3 is 14.4 Å². The van der Waals surface area contributed by atoms with Crippen LogP contribution in [0, 0.1) is 0 Å². The fourth-order valence-electron chi connectivity index (χ4n) is 1.79. The van der Waals surface area contributed by atoms with Crippen molar-refractivity contribution in [3.63, 3.8) is 0 Å². The molecule has 0 aliphatic heterocycles. The summed E-state index contributed by atoms with van der Waals surface area (Å²) >= 11 is 0. The Labute approximate surface area is 112 Å². The van der Waals surface area contributed by atoms with E-state index in [2.05, 4.69) is 10.1 Å². The van der Waals surface area contributed by atoms with Gasteiger partial charge in [-0.1, -0.05) is 35.5 Å². The minimum Gasteiger partial charge on any atom is -0.378 e. The van der Waals surface area contributed by atoms with Gasteiger partial charge in [-0.3, -0.25) is 0 Å². The minimum atomic E-state index is -0.917. The lowest BCUT2D eigenvalue weighted by molar-refractivity contribution is -0.0221. The zero-order valence-electron chi connectivity index (χ0n) is 11.3. The summed E-state index contributed by atoms with van der Waals surface area (Å²) in [6, 6.07) is 9.19. The van der Waals surface area contributed by atoms with Gasteiger partial charge in [0.15, 0.2) is 6.10 Å². The Kier molecular flexibility index (Phi) is 3.97. The second-order valence-corrected chi connectivity index (χ2v) is 4.71. The summed E-state index contributed by atoms with van der Waals surface area (Å²) in [6.45, 7) is 6.18. The van der Waals surface area contributed by atoms with Crippen LogP contribution < -0.4 is 0 Å². The maximum absolute atomic E-state index is 10.2. The van der Waals surface area contributed by atoms with Crippen LogP contribution in [0.1, 0.15) is 44.2 Å². The van der Waals surface area contributed by atoms with Crippen LogP contribution in [0.4, 0.5) is 0 Å². The fraction of sp³-hybridized carbons (Fsp3) is 0.429. The molecule has 1 atom stereocenters. The molecule has 19 heavy (non-hydrogen) atoms. The van der Waals surface area contributed by atoms with Gasteiger partial charge in [0.2, 0.25) is 5.82 Å². The molecule has 0 saturated heterocycles.